The van der Waals surface area contributed by atoms with Crippen molar-refractivity contribution in [1.82, 2.24) is 0 Å². The van der Waals surface area contributed by atoms with E-state index in [-0.39, 0.29) is 29.9 Å². The fourth-order valence-electron chi connectivity index (χ4n) is 1.85. The predicted molar refractivity (Wildman–Crippen MR) is 52.5 cm³/mol. The van der Waals surface area contributed by atoms with Crippen LogP contribution in [0.15, 0.2) is 6.07 Å². The number of benzene rings is 1. The molecule has 92 valence electrons. The number of fused-ring (bicyclic) bond motifs is 1. The van der Waals surface area contributed by atoms with Crippen molar-refractivity contribution in [2.24, 2.45) is 0 Å². The van der Waals surface area contributed by atoms with E-state index in [9.17, 15) is 18.7 Å². The minimum absolute atomic E-state index is 0.107. The molecule has 0 aromatic heterocycles. The van der Waals surface area contributed by atoms with Crippen molar-refractivity contribution in [3.05, 3.63) is 28.8 Å². The topological polar surface area (TPSA) is 55.8 Å². The van der Waals surface area contributed by atoms with Gasteiger partial charge in [-0.1, -0.05) is 0 Å². The average Bonchev–Trinajstić information content (AvgIpc) is 2.76. The number of halogens is 2. The van der Waals surface area contributed by atoms with Gasteiger partial charge in [-0.3, -0.25) is 0 Å². The molecule has 0 saturated heterocycles. The van der Waals surface area contributed by atoms with Gasteiger partial charge >= 0.3 is 5.97 Å². The lowest BCUT2D eigenvalue weighted by Gasteiger charge is -2.13. The van der Waals surface area contributed by atoms with E-state index in [2.05, 4.69) is 4.74 Å². The van der Waals surface area contributed by atoms with Gasteiger partial charge in [0.25, 0.3) is 0 Å². The summed E-state index contributed by atoms with van der Waals surface area (Å²) in [6, 6.07) is 0.589. The lowest BCUT2D eigenvalue weighted by Crippen LogP contribution is -2.17. The molecule has 1 heterocycles. The maximum Gasteiger partial charge on any atom is 0.339 e. The first kappa shape index (κ1) is 11.8. The van der Waals surface area contributed by atoms with E-state index >= 15 is 0 Å². The highest BCUT2D eigenvalue weighted by Crippen LogP contribution is 2.36. The van der Waals surface area contributed by atoms with Crippen molar-refractivity contribution in [2.75, 3.05) is 13.7 Å². The molecule has 0 aliphatic carbocycles. The second-order valence-corrected chi connectivity index (χ2v) is 3.59. The third-order valence-electron chi connectivity index (χ3n) is 2.62. The van der Waals surface area contributed by atoms with Gasteiger partial charge in [0.1, 0.15) is 5.82 Å². The smallest absolute Gasteiger partial charge is 0.339 e. The van der Waals surface area contributed by atoms with Gasteiger partial charge < -0.3 is 14.6 Å². The Labute approximate surface area is 95.8 Å². The van der Waals surface area contributed by atoms with Crippen LogP contribution in [0, 0.1) is 11.6 Å². The Hall–Kier alpha value is -1.69. The molecule has 0 amide bonds. The predicted octanol–water partition coefficient (Wildman–Crippen LogP) is 1.11. The second kappa shape index (κ2) is 4.29. The molecule has 2 rings (SSSR count). The first-order valence-corrected chi connectivity index (χ1v) is 4.95. The molecule has 1 unspecified atom stereocenters. The van der Waals surface area contributed by atoms with Gasteiger partial charge in [0.2, 0.25) is 0 Å². The normalized spacial score (nSPS) is 15.1. The summed E-state index contributed by atoms with van der Waals surface area (Å²) < 4.78 is 36.2. The van der Waals surface area contributed by atoms with Crippen LogP contribution >= 0.6 is 0 Å². The molecule has 1 aromatic rings. The van der Waals surface area contributed by atoms with Gasteiger partial charge in [-0.15, -0.1) is 0 Å². The van der Waals surface area contributed by atoms with E-state index in [0.717, 1.165) is 7.11 Å². The third kappa shape index (κ3) is 1.84. The molecule has 0 bridgehead atoms. The monoisotopic (exact) mass is 244 g/mol. The molecule has 0 saturated carbocycles. The lowest BCUT2D eigenvalue weighted by molar-refractivity contribution is -0.150. The standard InChI is InChI=1S/C11H10F2O4/c1-16-11(15)9(14)8-5-2-3-17-10(5)7(13)4-6(8)12/h4,9,14H,2-3H2,1H3. The quantitative estimate of drug-likeness (QED) is 0.792. The fraction of sp³-hybridized carbons (Fsp3) is 0.364. The minimum Gasteiger partial charge on any atom is -0.490 e. The number of carbonyl (C=O) groups is 1. The molecule has 1 aliphatic rings. The van der Waals surface area contributed by atoms with Crippen LogP contribution in [-0.4, -0.2) is 24.8 Å². The van der Waals surface area contributed by atoms with Crippen LogP contribution in [0.1, 0.15) is 17.2 Å². The van der Waals surface area contributed by atoms with E-state index in [1.807, 2.05) is 0 Å². The summed E-state index contributed by atoms with van der Waals surface area (Å²) in [5.74, 6) is -2.92. The number of hydrogen-bond donors (Lipinski definition) is 1. The molecule has 0 fully saturated rings. The lowest BCUT2D eigenvalue weighted by atomic mass is 9.99. The summed E-state index contributed by atoms with van der Waals surface area (Å²) in [7, 11) is 1.07. The summed E-state index contributed by atoms with van der Waals surface area (Å²) in [4.78, 5) is 11.2. The number of ether oxygens (including phenoxy) is 2. The van der Waals surface area contributed by atoms with Crippen molar-refractivity contribution in [1.29, 1.82) is 0 Å². The number of aliphatic hydroxyl groups excluding tert-OH is 1. The van der Waals surface area contributed by atoms with Crippen LogP contribution < -0.4 is 4.74 Å². The van der Waals surface area contributed by atoms with Gasteiger partial charge in [0, 0.05) is 23.6 Å². The Bertz CT molecular complexity index is 473. The van der Waals surface area contributed by atoms with Crippen LogP contribution in [0.2, 0.25) is 0 Å². The molecule has 0 radical (unpaired) electrons. The number of methoxy groups -OCH3 is 1. The number of rotatable bonds is 2. The molecule has 1 aromatic carbocycles. The first-order chi connectivity index (χ1) is 8.06. The van der Waals surface area contributed by atoms with Crippen molar-refractivity contribution in [3.63, 3.8) is 0 Å². The summed E-state index contributed by atoms with van der Waals surface area (Å²) in [5.41, 5.74) is -0.0915. The van der Waals surface area contributed by atoms with Gasteiger partial charge in [-0.25, -0.2) is 13.6 Å². The molecule has 1 aliphatic heterocycles. The van der Waals surface area contributed by atoms with Crippen LogP contribution in [0.5, 0.6) is 5.75 Å². The van der Waals surface area contributed by atoms with Gasteiger partial charge in [-0.2, -0.15) is 0 Å². The molecule has 1 N–H and O–H groups in total. The number of aliphatic hydroxyl groups is 1. The zero-order valence-corrected chi connectivity index (χ0v) is 9.00. The Morgan fingerprint density at radius 1 is 1.53 bits per heavy atom. The molecule has 6 heteroatoms. The molecular weight excluding hydrogens is 234 g/mol. The summed E-state index contributed by atoms with van der Waals surface area (Å²) in [5, 5.41) is 9.63. The molecular formula is C11H10F2O4. The Kier molecular flexibility index (Phi) is 2.97. The van der Waals surface area contributed by atoms with Crippen LogP contribution in [0.4, 0.5) is 8.78 Å². The van der Waals surface area contributed by atoms with E-state index in [1.54, 1.807) is 0 Å². The number of carbonyl (C=O) groups excluding carboxylic acids is 1. The fourth-order valence-corrected chi connectivity index (χ4v) is 1.85. The molecule has 0 spiro atoms. The highest BCUT2D eigenvalue weighted by molar-refractivity contribution is 5.77. The van der Waals surface area contributed by atoms with Crippen molar-refractivity contribution < 1.29 is 28.2 Å². The number of hydrogen-bond acceptors (Lipinski definition) is 4. The maximum absolute atomic E-state index is 13.6. The highest BCUT2D eigenvalue weighted by Gasteiger charge is 2.31. The summed E-state index contributed by atoms with van der Waals surface area (Å²) >= 11 is 0. The molecule has 1 atom stereocenters. The summed E-state index contributed by atoms with van der Waals surface area (Å²) in [6.07, 6.45) is -1.52. The van der Waals surface area contributed by atoms with E-state index in [4.69, 9.17) is 4.74 Å². The van der Waals surface area contributed by atoms with Crippen molar-refractivity contribution in [2.45, 2.75) is 12.5 Å². The van der Waals surface area contributed by atoms with E-state index < -0.39 is 23.7 Å². The second-order valence-electron chi connectivity index (χ2n) is 3.59. The van der Waals surface area contributed by atoms with E-state index in [0.29, 0.717) is 6.07 Å². The zero-order valence-electron chi connectivity index (χ0n) is 9.00. The summed E-state index contributed by atoms with van der Waals surface area (Å²) in [6.45, 7) is 0.191. The van der Waals surface area contributed by atoms with Gasteiger partial charge in [0.05, 0.1) is 13.7 Å². The Balaban J connectivity index is 2.54. The number of esters is 1. The van der Waals surface area contributed by atoms with Crippen molar-refractivity contribution >= 4 is 5.97 Å². The van der Waals surface area contributed by atoms with Crippen molar-refractivity contribution in [3.8, 4) is 5.75 Å². The van der Waals surface area contributed by atoms with Crippen LogP contribution in [0.3, 0.4) is 0 Å². The Morgan fingerprint density at radius 3 is 2.88 bits per heavy atom. The zero-order chi connectivity index (χ0) is 12.6. The SMILES string of the molecule is COC(=O)C(O)c1c(F)cc(F)c2c1CCO2. The third-order valence-corrected chi connectivity index (χ3v) is 2.62. The minimum atomic E-state index is -1.77. The largest absolute Gasteiger partial charge is 0.490 e. The average molecular weight is 244 g/mol. The van der Waals surface area contributed by atoms with Crippen LogP contribution in [-0.2, 0) is 16.0 Å². The maximum atomic E-state index is 13.6. The highest BCUT2D eigenvalue weighted by atomic mass is 19.1. The Morgan fingerprint density at radius 2 is 2.24 bits per heavy atom. The molecule has 17 heavy (non-hydrogen) atoms. The first-order valence-electron chi connectivity index (χ1n) is 4.95. The van der Waals surface area contributed by atoms with Gasteiger partial charge in [0.15, 0.2) is 17.7 Å². The van der Waals surface area contributed by atoms with Gasteiger partial charge in [-0.05, 0) is 0 Å². The molecule has 4 nitrogen and oxygen atoms in total. The van der Waals surface area contributed by atoms with E-state index in [1.165, 1.54) is 0 Å². The van der Waals surface area contributed by atoms with Crippen LogP contribution in [0.25, 0.3) is 0 Å².